The molecule has 3 rings (SSSR count). The second-order valence-electron chi connectivity index (χ2n) is 6.11. The van der Waals surface area contributed by atoms with Crippen molar-refractivity contribution in [3.8, 4) is 0 Å². The number of nitrogens with one attached hydrogen (secondary N) is 1. The topological polar surface area (TPSA) is 42.0 Å². The fraction of sp³-hybridized carbons (Fsp3) is 0.556. The second kappa shape index (κ2) is 8.87. The smallest absolute Gasteiger partial charge is 0.387 e. The van der Waals surface area contributed by atoms with Crippen LogP contribution in [0.25, 0.3) is 0 Å². The molecule has 0 aromatic carbocycles. The summed E-state index contributed by atoms with van der Waals surface area (Å²) in [7, 11) is 0. The van der Waals surface area contributed by atoms with Crippen LogP contribution in [-0.4, -0.2) is 22.9 Å². The van der Waals surface area contributed by atoms with E-state index in [9.17, 15) is 4.79 Å². The van der Waals surface area contributed by atoms with Gasteiger partial charge in [-0.3, -0.25) is 4.79 Å². The predicted molar refractivity (Wildman–Crippen MR) is 84.6 cm³/mol. The van der Waals surface area contributed by atoms with E-state index in [1.807, 2.05) is 6.07 Å². The van der Waals surface area contributed by atoms with Crippen molar-refractivity contribution in [2.45, 2.75) is 51.0 Å². The number of aromatic nitrogens is 1. The van der Waals surface area contributed by atoms with Crippen LogP contribution < -0.4 is 24.2 Å². The Hall–Kier alpha value is -0.623. The second-order valence-corrected chi connectivity index (χ2v) is 6.11. The van der Waals surface area contributed by atoms with Crippen LogP contribution in [0.2, 0.25) is 0 Å². The van der Waals surface area contributed by atoms with Gasteiger partial charge in [-0.1, -0.05) is 31.2 Å². The fourth-order valence-corrected chi connectivity index (χ4v) is 2.63. The third-order valence-corrected chi connectivity index (χ3v) is 4.31. The molecule has 0 spiro atoms. The molecule has 3 nitrogen and oxygen atoms in total. The van der Waals surface area contributed by atoms with E-state index in [2.05, 4.69) is 30.2 Å². The third-order valence-electron chi connectivity index (χ3n) is 4.31. The first kappa shape index (κ1) is 19.4. The van der Waals surface area contributed by atoms with E-state index in [-0.39, 0.29) is 30.3 Å². The molecular formula is C18H25LiN2O-2. The molecule has 1 N–H and O–H groups in total. The SMILES string of the molecule is CC(=O)C1CCc2[c-]ccnc2CC1.[CH2-]CNC1([CH2-])CC1.[Li+]. The number of pyridine rings is 1. The van der Waals surface area contributed by atoms with Crippen LogP contribution in [0.1, 0.15) is 43.9 Å². The molecular weight excluding hydrogens is 267 g/mol. The van der Waals surface area contributed by atoms with E-state index in [1.54, 1.807) is 13.1 Å². The molecule has 0 bridgehead atoms. The summed E-state index contributed by atoms with van der Waals surface area (Å²) in [5.41, 5.74) is 2.58. The van der Waals surface area contributed by atoms with Crippen LogP contribution in [0.15, 0.2) is 12.3 Å². The van der Waals surface area contributed by atoms with E-state index in [4.69, 9.17) is 0 Å². The summed E-state index contributed by atoms with van der Waals surface area (Å²) in [6.45, 7) is 10.1. The van der Waals surface area contributed by atoms with Crippen molar-refractivity contribution < 1.29 is 23.7 Å². The van der Waals surface area contributed by atoms with Gasteiger partial charge in [0.05, 0.1) is 0 Å². The van der Waals surface area contributed by atoms with Gasteiger partial charge in [0, 0.05) is 5.92 Å². The third kappa shape index (κ3) is 5.87. The summed E-state index contributed by atoms with van der Waals surface area (Å²) in [5, 5.41) is 3.17. The van der Waals surface area contributed by atoms with Gasteiger partial charge in [0.25, 0.3) is 0 Å². The van der Waals surface area contributed by atoms with Gasteiger partial charge in [0.2, 0.25) is 0 Å². The van der Waals surface area contributed by atoms with Crippen LogP contribution in [-0.2, 0) is 17.6 Å². The number of hydrogen-bond acceptors (Lipinski definition) is 3. The number of Topliss-reactive ketones (excluding diaryl/α,β-unsaturated/α-hetero) is 1. The van der Waals surface area contributed by atoms with Gasteiger partial charge >= 0.3 is 18.9 Å². The number of aryl methyl sites for hydroxylation is 2. The zero-order chi connectivity index (χ0) is 15.3. The van der Waals surface area contributed by atoms with Crippen LogP contribution in [0.4, 0.5) is 0 Å². The van der Waals surface area contributed by atoms with Gasteiger partial charge in [0.15, 0.2) is 0 Å². The van der Waals surface area contributed by atoms with Crippen LogP contribution in [0.3, 0.4) is 0 Å². The Labute approximate surface area is 146 Å². The summed E-state index contributed by atoms with van der Waals surface area (Å²) in [6, 6.07) is 5.07. The van der Waals surface area contributed by atoms with Crippen molar-refractivity contribution in [1.82, 2.24) is 10.3 Å². The number of ketones is 1. The molecule has 0 amide bonds. The molecule has 0 saturated heterocycles. The molecule has 1 saturated carbocycles. The van der Waals surface area contributed by atoms with Crippen molar-refractivity contribution in [2.75, 3.05) is 6.54 Å². The maximum atomic E-state index is 11.3. The summed E-state index contributed by atoms with van der Waals surface area (Å²) >= 11 is 0. The molecule has 4 heteroatoms. The Morgan fingerprint density at radius 3 is 2.68 bits per heavy atom. The van der Waals surface area contributed by atoms with E-state index in [1.165, 1.54) is 18.4 Å². The Balaban J connectivity index is 0.000000258. The minimum atomic E-state index is 0. The summed E-state index contributed by atoms with van der Waals surface area (Å²) in [5.74, 6) is 0.551. The van der Waals surface area contributed by atoms with Gasteiger partial charge in [-0.15, -0.1) is 17.6 Å². The molecule has 2 aliphatic rings. The first-order valence-electron chi connectivity index (χ1n) is 7.78. The van der Waals surface area contributed by atoms with Gasteiger partial charge in [-0.05, 0) is 26.2 Å². The Bertz CT molecular complexity index is 459. The Morgan fingerprint density at radius 2 is 2.14 bits per heavy atom. The standard InChI is InChI=1S/C12H14NO.C6H11N.Li/c1-9(14)10-4-5-11-3-2-8-13-12(11)7-6-10;1-3-7-6(2)4-5-6;/h2,8,10H,4-7H2,1H3;7H,1-5H2;/q-1;-2;+1. The van der Waals surface area contributed by atoms with E-state index in [0.29, 0.717) is 5.78 Å². The molecule has 1 fully saturated rings. The number of rotatable bonds is 3. The van der Waals surface area contributed by atoms with Crippen molar-refractivity contribution in [3.63, 3.8) is 0 Å². The molecule has 0 radical (unpaired) electrons. The van der Waals surface area contributed by atoms with Crippen molar-refractivity contribution in [2.24, 2.45) is 5.92 Å². The number of carbonyl (C=O) groups excluding carboxylic acids is 1. The number of nitrogens with zero attached hydrogens (tertiary/aromatic N) is 1. The summed E-state index contributed by atoms with van der Waals surface area (Å²) in [6.07, 6.45) is 8.03. The first-order chi connectivity index (χ1) is 10.0. The van der Waals surface area contributed by atoms with Crippen LogP contribution in [0.5, 0.6) is 0 Å². The average Bonchev–Trinajstić information content (AvgIpc) is 3.21. The number of hydrogen-bond donors (Lipinski definition) is 1. The number of fused-ring (bicyclic) bond motifs is 1. The summed E-state index contributed by atoms with van der Waals surface area (Å²) in [4.78, 5) is 15.6. The molecule has 22 heavy (non-hydrogen) atoms. The molecule has 0 aliphatic heterocycles. The normalized spacial score (nSPS) is 21.3. The van der Waals surface area contributed by atoms with Crippen molar-refractivity contribution in [1.29, 1.82) is 0 Å². The molecule has 1 atom stereocenters. The molecule has 1 aromatic rings. The zero-order valence-corrected chi connectivity index (χ0v) is 14.0. The van der Waals surface area contributed by atoms with Crippen LogP contribution >= 0.6 is 0 Å². The Morgan fingerprint density at radius 1 is 1.45 bits per heavy atom. The molecule has 2 aliphatic carbocycles. The predicted octanol–water partition coefficient (Wildman–Crippen LogP) is -0.253. The van der Waals surface area contributed by atoms with E-state index in [0.717, 1.165) is 37.9 Å². The molecule has 1 unspecified atom stereocenters. The maximum absolute atomic E-state index is 11.3. The molecule has 1 heterocycles. The molecule has 1 aromatic heterocycles. The summed E-state index contributed by atoms with van der Waals surface area (Å²) < 4.78 is 0. The van der Waals surface area contributed by atoms with Gasteiger partial charge in [-0.25, -0.2) is 0 Å². The molecule has 116 valence electrons. The Kier molecular flexibility index (Phi) is 7.83. The van der Waals surface area contributed by atoms with Crippen molar-refractivity contribution >= 4 is 5.78 Å². The minimum Gasteiger partial charge on any atom is -0.387 e. The van der Waals surface area contributed by atoms with Gasteiger partial charge < -0.3 is 24.1 Å². The average molecular weight is 292 g/mol. The number of carbonyl (C=O) groups is 1. The zero-order valence-electron chi connectivity index (χ0n) is 14.0. The van der Waals surface area contributed by atoms with E-state index < -0.39 is 0 Å². The van der Waals surface area contributed by atoms with Crippen LogP contribution in [0, 0.1) is 25.8 Å². The minimum absolute atomic E-state index is 0. The first-order valence-corrected chi connectivity index (χ1v) is 7.78. The quantitative estimate of drug-likeness (QED) is 0.474. The fourth-order valence-electron chi connectivity index (χ4n) is 2.63. The monoisotopic (exact) mass is 292 g/mol. The largest absolute Gasteiger partial charge is 1.00 e. The van der Waals surface area contributed by atoms with Gasteiger partial charge in [0.1, 0.15) is 5.78 Å². The van der Waals surface area contributed by atoms with Gasteiger partial charge in [-0.2, -0.15) is 12.1 Å². The van der Waals surface area contributed by atoms with Crippen molar-refractivity contribution in [3.05, 3.63) is 43.4 Å². The maximum Gasteiger partial charge on any atom is 1.00 e. The van der Waals surface area contributed by atoms with E-state index >= 15 is 0 Å².